The van der Waals surface area contributed by atoms with E-state index >= 15 is 0 Å². The zero-order chi connectivity index (χ0) is 9.26. The number of benzene rings is 1. The van der Waals surface area contributed by atoms with Crippen LogP contribution in [0.2, 0.25) is 0 Å². The fourth-order valence-electron chi connectivity index (χ4n) is 1.24. The number of fused-ring (bicyclic) bond motifs is 1. The molecule has 4 nitrogen and oxygen atoms in total. The molecule has 0 fully saturated rings. The van der Waals surface area contributed by atoms with E-state index in [0.717, 1.165) is 10.9 Å². The summed E-state index contributed by atoms with van der Waals surface area (Å²) in [6, 6.07) is 7.09. The first-order valence-corrected chi connectivity index (χ1v) is 3.82. The van der Waals surface area contributed by atoms with Crippen LogP contribution < -0.4 is 16.5 Å². The van der Waals surface area contributed by atoms with Gasteiger partial charge in [0, 0.05) is 23.3 Å². The Labute approximate surface area is 75.1 Å². The lowest BCUT2D eigenvalue weighted by atomic mass is 10.2. The average Bonchev–Trinajstić information content (AvgIpc) is 2.17. The van der Waals surface area contributed by atoms with Gasteiger partial charge in [-0.25, -0.2) is 0 Å². The van der Waals surface area contributed by atoms with Gasteiger partial charge >= 0.3 is 0 Å². The Kier molecular flexibility index (Phi) is 1.75. The van der Waals surface area contributed by atoms with Crippen molar-refractivity contribution in [1.82, 2.24) is 4.98 Å². The third kappa shape index (κ3) is 1.27. The van der Waals surface area contributed by atoms with Gasteiger partial charge in [0.25, 0.3) is 0 Å². The highest BCUT2D eigenvalue weighted by molar-refractivity contribution is 5.87. The summed E-state index contributed by atoms with van der Waals surface area (Å²) in [4.78, 5) is 8.83. The highest BCUT2D eigenvalue weighted by Gasteiger charge is 2.01. The Hall–Kier alpha value is -1.81. The lowest BCUT2D eigenvalue weighted by Crippen LogP contribution is -2.02. The smallest absolute Gasteiger partial charge is 0.157 e. The minimum absolute atomic E-state index is 0.581. The molecule has 4 heteroatoms. The molecule has 0 aliphatic rings. The molecule has 0 aliphatic carbocycles. The van der Waals surface area contributed by atoms with E-state index in [0.29, 0.717) is 11.4 Å². The van der Waals surface area contributed by atoms with Crippen LogP contribution in [0.4, 0.5) is 5.69 Å². The molecule has 2 rings (SSSR count). The number of rotatable bonds is 1. The summed E-state index contributed by atoms with van der Waals surface area (Å²) in [5.41, 5.74) is 7.11. The third-order valence-corrected chi connectivity index (χ3v) is 1.85. The van der Waals surface area contributed by atoms with Gasteiger partial charge in [0.1, 0.15) is 0 Å². The van der Waals surface area contributed by atoms with Crippen molar-refractivity contribution in [3.63, 3.8) is 0 Å². The van der Waals surface area contributed by atoms with Crippen molar-refractivity contribution in [2.24, 2.45) is 5.90 Å². The van der Waals surface area contributed by atoms with Gasteiger partial charge in [-0.3, -0.25) is 4.98 Å². The molecule has 0 atom stereocenters. The average molecular weight is 175 g/mol. The Morgan fingerprint density at radius 3 is 2.85 bits per heavy atom. The Bertz CT molecular complexity index is 442. The van der Waals surface area contributed by atoms with Crippen molar-refractivity contribution in [2.45, 2.75) is 0 Å². The summed E-state index contributed by atoms with van der Waals surface area (Å²) >= 11 is 0. The quantitative estimate of drug-likeness (QED) is 0.502. The van der Waals surface area contributed by atoms with E-state index in [1.165, 1.54) is 0 Å². The first-order chi connectivity index (χ1) is 6.31. The van der Waals surface area contributed by atoms with E-state index in [2.05, 4.69) is 9.82 Å². The molecule has 2 aromatic rings. The number of pyridine rings is 1. The van der Waals surface area contributed by atoms with Gasteiger partial charge < -0.3 is 10.6 Å². The number of nitrogen functional groups attached to an aromatic ring is 1. The number of hydrogen-bond acceptors (Lipinski definition) is 4. The van der Waals surface area contributed by atoms with Crippen LogP contribution in [0, 0.1) is 0 Å². The molecular formula is C9H9N3O. The van der Waals surface area contributed by atoms with Gasteiger partial charge in [-0.15, -0.1) is 0 Å². The molecule has 0 radical (unpaired) electrons. The molecule has 0 aliphatic heterocycles. The molecule has 0 unspecified atom stereocenters. The predicted octanol–water partition coefficient (Wildman–Crippen LogP) is 1.07. The number of nitrogens with two attached hydrogens (primary N) is 2. The number of hydrogen-bond donors (Lipinski definition) is 2. The van der Waals surface area contributed by atoms with Gasteiger partial charge in [-0.05, 0) is 18.2 Å². The number of aromatic nitrogens is 1. The van der Waals surface area contributed by atoms with Crippen LogP contribution in [-0.2, 0) is 0 Å². The van der Waals surface area contributed by atoms with Gasteiger partial charge in [0.2, 0.25) is 0 Å². The van der Waals surface area contributed by atoms with Crippen LogP contribution in [-0.4, -0.2) is 4.98 Å². The van der Waals surface area contributed by atoms with Crippen LogP contribution >= 0.6 is 0 Å². The Balaban J connectivity index is 2.79. The number of nitrogens with zero attached hydrogens (tertiary/aromatic N) is 1. The standard InChI is InChI=1S/C9H9N3O/c10-6-1-2-8-7(5-6)9(13-11)3-4-12-8/h1-5H,10-11H2. The molecule has 0 spiro atoms. The van der Waals surface area contributed by atoms with Crippen molar-refractivity contribution < 1.29 is 4.84 Å². The van der Waals surface area contributed by atoms with E-state index in [9.17, 15) is 0 Å². The van der Waals surface area contributed by atoms with Crippen LogP contribution in [0.25, 0.3) is 10.9 Å². The van der Waals surface area contributed by atoms with Crippen LogP contribution in [0.3, 0.4) is 0 Å². The van der Waals surface area contributed by atoms with Crippen LogP contribution in [0.1, 0.15) is 0 Å². The first-order valence-electron chi connectivity index (χ1n) is 3.82. The van der Waals surface area contributed by atoms with Gasteiger partial charge in [-0.2, -0.15) is 5.90 Å². The minimum Gasteiger partial charge on any atom is -0.411 e. The van der Waals surface area contributed by atoms with Crippen molar-refractivity contribution in [1.29, 1.82) is 0 Å². The maximum Gasteiger partial charge on any atom is 0.157 e. The van der Waals surface area contributed by atoms with E-state index in [1.54, 1.807) is 24.4 Å². The summed E-state index contributed by atoms with van der Waals surface area (Å²) in [5, 5.41) is 0.824. The highest BCUT2D eigenvalue weighted by atomic mass is 16.6. The van der Waals surface area contributed by atoms with Crippen molar-refractivity contribution in [3.05, 3.63) is 30.5 Å². The molecule has 0 saturated heterocycles. The van der Waals surface area contributed by atoms with E-state index in [4.69, 9.17) is 11.6 Å². The zero-order valence-corrected chi connectivity index (χ0v) is 6.90. The molecule has 0 amide bonds. The van der Waals surface area contributed by atoms with Gasteiger partial charge in [-0.1, -0.05) is 0 Å². The summed E-state index contributed by atoms with van der Waals surface area (Å²) in [6.45, 7) is 0. The van der Waals surface area contributed by atoms with Gasteiger partial charge in [0.05, 0.1) is 5.52 Å². The first kappa shape index (κ1) is 7.82. The third-order valence-electron chi connectivity index (χ3n) is 1.85. The highest BCUT2D eigenvalue weighted by Crippen LogP contribution is 2.24. The lowest BCUT2D eigenvalue weighted by Gasteiger charge is -2.03. The Morgan fingerprint density at radius 1 is 1.23 bits per heavy atom. The SMILES string of the molecule is NOc1ccnc2ccc(N)cc12. The van der Waals surface area contributed by atoms with Crippen LogP contribution in [0.5, 0.6) is 5.75 Å². The molecule has 1 aromatic carbocycles. The lowest BCUT2D eigenvalue weighted by molar-refractivity contribution is 0.338. The second-order valence-corrected chi connectivity index (χ2v) is 2.70. The van der Waals surface area contributed by atoms with Crippen LogP contribution in [0.15, 0.2) is 30.5 Å². The molecule has 0 saturated carbocycles. The van der Waals surface area contributed by atoms with E-state index in [-0.39, 0.29) is 0 Å². The summed E-state index contributed by atoms with van der Waals surface area (Å²) in [5.74, 6) is 5.68. The fourth-order valence-corrected chi connectivity index (χ4v) is 1.24. The molecule has 66 valence electrons. The van der Waals surface area contributed by atoms with Crippen molar-refractivity contribution >= 4 is 16.6 Å². The normalized spacial score (nSPS) is 10.2. The summed E-state index contributed by atoms with van der Waals surface area (Å²) < 4.78 is 0. The maximum absolute atomic E-state index is 5.62. The predicted molar refractivity (Wildman–Crippen MR) is 51.0 cm³/mol. The number of anilines is 1. The second-order valence-electron chi connectivity index (χ2n) is 2.70. The molecule has 1 aromatic heterocycles. The minimum atomic E-state index is 0.581. The van der Waals surface area contributed by atoms with E-state index in [1.807, 2.05) is 6.07 Å². The molecule has 1 heterocycles. The Morgan fingerprint density at radius 2 is 2.08 bits per heavy atom. The topological polar surface area (TPSA) is 74.2 Å². The maximum atomic E-state index is 5.62. The monoisotopic (exact) mass is 175 g/mol. The van der Waals surface area contributed by atoms with Crippen molar-refractivity contribution in [3.8, 4) is 5.75 Å². The molecule has 13 heavy (non-hydrogen) atoms. The molecular weight excluding hydrogens is 166 g/mol. The fraction of sp³-hybridized carbons (Fsp3) is 0. The van der Waals surface area contributed by atoms with E-state index < -0.39 is 0 Å². The summed E-state index contributed by atoms with van der Waals surface area (Å²) in [7, 11) is 0. The molecule has 4 N–H and O–H groups in total. The largest absolute Gasteiger partial charge is 0.411 e. The summed E-state index contributed by atoms with van der Waals surface area (Å²) in [6.07, 6.45) is 1.64. The zero-order valence-electron chi connectivity index (χ0n) is 6.90. The second kappa shape index (κ2) is 2.91. The van der Waals surface area contributed by atoms with Gasteiger partial charge in [0.15, 0.2) is 5.75 Å². The van der Waals surface area contributed by atoms with Crippen molar-refractivity contribution in [2.75, 3.05) is 5.73 Å². The molecule has 0 bridgehead atoms.